The maximum Gasteiger partial charge on any atom is 0.238 e. The van der Waals surface area contributed by atoms with Crippen LogP contribution in [-0.4, -0.2) is 67.6 Å². The van der Waals surface area contributed by atoms with Crippen LogP contribution in [0.15, 0.2) is 24.3 Å². The van der Waals surface area contributed by atoms with Crippen LogP contribution in [0.3, 0.4) is 0 Å². The normalized spacial score (nSPS) is 21.0. The molecule has 0 atom stereocenters. The van der Waals surface area contributed by atoms with Gasteiger partial charge in [0.25, 0.3) is 0 Å². The van der Waals surface area contributed by atoms with Crippen LogP contribution in [0.4, 0.5) is 5.69 Å². The lowest BCUT2D eigenvalue weighted by molar-refractivity contribution is -0.119. The molecule has 5 nitrogen and oxygen atoms in total. The van der Waals surface area contributed by atoms with Crippen molar-refractivity contribution in [2.24, 2.45) is 0 Å². The van der Waals surface area contributed by atoms with Gasteiger partial charge in [-0.1, -0.05) is 12.1 Å². The average molecular weight is 400 g/mol. The second-order valence-electron chi connectivity index (χ2n) is 5.66. The third kappa shape index (κ3) is 3.94. The number of hydrogen-bond donors (Lipinski definition) is 2. The molecule has 2 saturated heterocycles. The molecule has 0 bridgehead atoms. The first-order chi connectivity index (χ1) is 10.2. The topological polar surface area (TPSA) is 47.6 Å². The van der Waals surface area contributed by atoms with Crippen molar-refractivity contribution in [1.29, 1.82) is 0 Å². The van der Waals surface area contributed by atoms with Crippen LogP contribution in [0.2, 0.25) is 0 Å². The molecule has 3 rings (SSSR count). The standard InChI is InChI=1S/C15H21IN4O/c16-13-3-1-2-4-14(13)18-15(21)11-19-9-12(10-19)20-7-5-17-6-8-20/h1-4,12,17H,5-11H2,(H,18,21). The summed E-state index contributed by atoms with van der Waals surface area (Å²) in [6.07, 6.45) is 0. The summed E-state index contributed by atoms with van der Waals surface area (Å²) < 4.78 is 1.07. The number of rotatable bonds is 4. The van der Waals surface area contributed by atoms with E-state index in [0.717, 1.165) is 48.5 Å². The summed E-state index contributed by atoms with van der Waals surface area (Å²) in [5.41, 5.74) is 0.905. The number of carbonyl (C=O) groups is 1. The second kappa shape index (κ2) is 7.04. The number of nitrogens with zero attached hydrogens (tertiary/aromatic N) is 2. The molecule has 1 amide bonds. The van der Waals surface area contributed by atoms with Gasteiger partial charge in [-0.15, -0.1) is 0 Å². The summed E-state index contributed by atoms with van der Waals surface area (Å²) in [7, 11) is 0. The van der Waals surface area contributed by atoms with Crippen molar-refractivity contribution in [3.8, 4) is 0 Å². The Bertz CT molecular complexity index is 498. The fourth-order valence-electron chi connectivity index (χ4n) is 2.91. The van der Waals surface area contributed by atoms with E-state index < -0.39 is 0 Å². The molecule has 1 aromatic rings. The van der Waals surface area contributed by atoms with Gasteiger partial charge in [0.05, 0.1) is 12.2 Å². The number of piperazine rings is 1. The van der Waals surface area contributed by atoms with Gasteiger partial charge in [-0.25, -0.2) is 0 Å². The van der Waals surface area contributed by atoms with Crippen LogP contribution in [0, 0.1) is 3.57 Å². The molecule has 1 aromatic carbocycles. The maximum absolute atomic E-state index is 12.1. The van der Waals surface area contributed by atoms with Crippen molar-refractivity contribution in [2.75, 3.05) is 51.1 Å². The van der Waals surface area contributed by atoms with E-state index >= 15 is 0 Å². The van der Waals surface area contributed by atoms with Crippen LogP contribution >= 0.6 is 22.6 Å². The molecule has 0 aromatic heterocycles. The molecule has 2 aliphatic heterocycles. The van der Waals surface area contributed by atoms with E-state index in [0.29, 0.717) is 12.6 Å². The van der Waals surface area contributed by atoms with Gasteiger partial charge >= 0.3 is 0 Å². The quantitative estimate of drug-likeness (QED) is 0.735. The summed E-state index contributed by atoms with van der Waals surface area (Å²) in [6.45, 7) is 6.96. The molecular formula is C15H21IN4O. The Kier molecular flexibility index (Phi) is 5.10. The molecule has 2 N–H and O–H groups in total. The minimum Gasteiger partial charge on any atom is -0.324 e. The zero-order valence-corrected chi connectivity index (χ0v) is 14.2. The lowest BCUT2D eigenvalue weighted by atomic mass is 10.1. The predicted octanol–water partition coefficient (Wildman–Crippen LogP) is 0.819. The van der Waals surface area contributed by atoms with Gasteiger partial charge in [-0.05, 0) is 34.7 Å². The van der Waals surface area contributed by atoms with E-state index in [-0.39, 0.29) is 5.91 Å². The number of amides is 1. The van der Waals surface area contributed by atoms with E-state index in [1.807, 2.05) is 24.3 Å². The maximum atomic E-state index is 12.1. The van der Waals surface area contributed by atoms with Crippen LogP contribution in [0.5, 0.6) is 0 Å². The SMILES string of the molecule is O=C(CN1CC(N2CCNCC2)C1)Nc1ccccc1I. The number of para-hydroxylation sites is 1. The van der Waals surface area contributed by atoms with Crippen molar-refractivity contribution in [2.45, 2.75) is 6.04 Å². The molecule has 2 aliphatic rings. The monoisotopic (exact) mass is 400 g/mol. The number of halogens is 1. The number of benzene rings is 1. The van der Waals surface area contributed by atoms with E-state index in [1.165, 1.54) is 0 Å². The third-order valence-electron chi connectivity index (χ3n) is 4.12. The number of carbonyl (C=O) groups excluding carboxylic acids is 1. The fourth-order valence-corrected chi connectivity index (χ4v) is 3.43. The Labute approximate surface area is 139 Å². The summed E-state index contributed by atoms with van der Waals surface area (Å²) in [6, 6.07) is 8.50. The Morgan fingerprint density at radius 3 is 2.71 bits per heavy atom. The van der Waals surface area contributed by atoms with Crippen LogP contribution in [0.1, 0.15) is 0 Å². The van der Waals surface area contributed by atoms with Gasteiger partial charge in [0.1, 0.15) is 0 Å². The Balaban J connectivity index is 1.42. The Morgan fingerprint density at radius 1 is 1.29 bits per heavy atom. The zero-order valence-electron chi connectivity index (χ0n) is 12.0. The minimum absolute atomic E-state index is 0.0814. The molecule has 0 aliphatic carbocycles. The lowest BCUT2D eigenvalue weighted by Crippen LogP contribution is -2.63. The van der Waals surface area contributed by atoms with Crippen molar-refractivity contribution in [3.63, 3.8) is 0 Å². The van der Waals surface area contributed by atoms with Crippen molar-refractivity contribution in [3.05, 3.63) is 27.8 Å². The molecule has 114 valence electrons. The minimum atomic E-state index is 0.0814. The van der Waals surface area contributed by atoms with Crippen LogP contribution in [0.25, 0.3) is 0 Å². The first kappa shape index (κ1) is 15.2. The molecule has 0 spiro atoms. The predicted molar refractivity (Wildman–Crippen MR) is 92.5 cm³/mol. The first-order valence-corrected chi connectivity index (χ1v) is 8.52. The van der Waals surface area contributed by atoms with E-state index in [9.17, 15) is 4.79 Å². The molecule has 6 heteroatoms. The highest BCUT2D eigenvalue weighted by Gasteiger charge is 2.33. The molecule has 0 unspecified atom stereocenters. The van der Waals surface area contributed by atoms with E-state index in [4.69, 9.17) is 0 Å². The lowest BCUT2D eigenvalue weighted by Gasteiger charge is -2.46. The van der Waals surface area contributed by atoms with E-state index in [1.54, 1.807) is 0 Å². The van der Waals surface area contributed by atoms with Crippen molar-refractivity contribution >= 4 is 34.2 Å². The van der Waals surface area contributed by atoms with Gasteiger partial charge < -0.3 is 10.6 Å². The average Bonchev–Trinajstić information content (AvgIpc) is 2.46. The van der Waals surface area contributed by atoms with E-state index in [2.05, 4.69) is 43.0 Å². The number of anilines is 1. The summed E-state index contributed by atoms with van der Waals surface area (Å²) in [4.78, 5) is 16.8. The molecule has 21 heavy (non-hydrogen) atoms. The molecule has 0 radical (unpaired) electrons. The van der Waals surface area contributed by atoms with Gasteiger partial charge in [-0.3, -0.25) is 14.6 Å². The largest absolute Gasteiger partial charge is 0.324 e. The van der Waals surface area contributed by atoms with Crippen LogP contribution in [-0.2, 0) is 4.79 Å². The Morgan fingerprint density at radius 2 is 2.00 bits per heavy atom. The highest BCUT2D eigenvalue weighted by atomic mass is 127. The number of likely N-dealkylation sites (tertiary alicyclic amines) is 1. The van der Waals surface area contributed by atoms with Crippen LogP contribution < -0.4 is 10.6 Å². The highest BCUT2D eigenvalue weighted by molar-refractivity contribution is 14.1. The molecule has 2 heterocycles. The first-order valence-electron chi connectivity index (χ1n) is 7.44. The number of hydrogen-bond acceptors (Lipinski definition) is 4. The molecule has 2 fully saturated rings. The van der Waals surface area contributed by atoms with Crippen molar-refractivity contribution in [1.82, 2.24) is 15.1 Å². The van der Waals surface area contributed by atoms with Gasteiger partial charge in [0.2, 0.25) is 5.91 Å². The fraction of sp³-hybridized carbons (Fsp3) is 0.533. The second-order valence-corrected chi connectivity index (χ2v) is 6.82. The smallest absolute Gasteiger partial charge is 0.238 e. The number of nitrogens with one attached hydrogen (secondary N) is 2. The van der Waals surface area contributed by atoms with Gasteiger partial charge in [0, 0.05) is 48.9 Å². The van der Waals surface area contributed by atoms with Gasteiger partial charge in [-0.2, -0.15) is 0 Å². The Hall–Kier alpha value is -0.700. The zero-order chi connectivity index (χ0) is 14.7. The summed E-state index contributed by atoms with van der Waals surface area (Å²) in [5.74, 6) is 0.0814. The molecular weight excluding hydrogens is 379 g/mol. The van der Waals surface area contributed by atoms with Crippen molar-refractivity contribution < 1.29 is 4.79 Å². The highest BCUT2D eigenvalue weighted by Crippen LogP contribution is 2.18. The summed E-state index contributed by atoms with van der Waals surface area (Å²) >= 11 is 2.24. The third-order valence-corrected chi connectivity index (χ3v) is 5.06. The summed E-state index contributed by atoms with van der Waals surface area (Å²) in [5, 5.41) is 6.37. The van der Waals surface area contributed by atoms with Gasteiger partial charge in [0.15, 0.2) is 0 Å². The molecule has 0 saturated carbocycles.